The van der Waals surface area contributed by atoms with Crippen LogP contribution in [-0.2, 0) is 13.9 Å². The van der Waals surface area contributed by atoms with E-state index in [1.54, 1.807) is 19.9 Å². The van der Waals surface area contributed by atoms with Crippen LogP contribution in [0, 0.1) is 11.3 Å². The zero-order valence-electron chi connectivity index (χ0n) is 8.27. The second-order valence-corrected chi connectivity index (χ2v) is 5.75. The maximum absolute atomic E-state index is 11.7. The molecule has 0 rings (SSSR count). The van der Waals surface area contributed by atoms with Crippen LogP contribution >= 0.6 is 7.37 Å². The molecule has 2 atom stereocenters. The summed E-state index contributed by atoms with van der Waals surface area (Å²) in [5.41, 5.74) is -1.13. The second-order valence-electron chi connectivity index (χ2n) is 3.21. The minimum atomic E-state index is -3.13. The van der Waals surface area contributed by atoms with Gasteiger partial charge in [0.05, 0.1) is 12.2 Å². The molecule has 0 fully saturated rings. The molecule has 13 heavy (non-hydrogen) atoms. The molecular formula is C8H14NO3P. The Hall–Kier alpha value is -0.650. The normalized spacial score (nSPS) is 17.5. The first-order valence-corrected chi connectivity index (χ1v) is 6.11. The van der Waals surface area contributed by atoms with E-state index < -0.39 is 18.8 Å². The van der Waals surface area contributed by atoms with Gasteiger partial charge in [0.15, 0.2) is 11.4 Å². The van der Waals surface area contributed by atoms with E-state index >= 15 is 0 Å². The number of rotatable bonds is 4. The third-order valence-corrected chi connectivity index (χ3v) is 3.65. The lowest BCUT2D eigenvalue weighted by molar-refractivity contribution is -0.115. The van der Waals surface area contributed by atoms with Crippen molar-refractivity contribution in [1.82, 2.24) is 0 Å². The summed E-state index contributed by atoms with van der Waals surface area (Å²) in [5, 5.41) is 8.62. The minimum absolute atomic E-state index is 0.244. The molecule has 4 nitrogen and oxygen atoms in total. The molecular weight excluding hydrogens is 189 g/mol. The van der Waals surface area contributed by atoms with Crippen LogP contribution < -0.4 is 0 Å². The number of Topliss-reactive ketones (excluding diaryl/α,β-unsaturated/α-hetero) is 1. The maximum Gasteiger partial charge on any atom is 0.224 e. The summed E-state index contributed by atoms with van der Waals surface area (Å²) in [6.07, 6.45) is -0.244. The summed E-state index contributed by atoms with van der Waals surface area (Å²) in [6.45, 7) is 5.99. The van der Waals surface area contributed by atoms with Crippen molar-refractivity contribution in [2.75, 3.05) is 6.66 Å². The first kappa shape index (κ1) is 12.3. The fourth-order valence-electron chi connectivity index (χ4n) is 1.01. The van der Waals surface area contributed by atoms with Gasteiger partial charge in [0.2, 0.25) is 7.37 Å². The van der Waals surface area contributed by atoms with E-state index in [2.05, 4.69) is 0 Å². The van der Waals surface area contributed by atoms with Crippen LogP contribution in [0.15, 0.2) is 0 Å². The number of hydrogen-bond donors (Lipinski definition) is 0. The van der Waals surface area contributed by atoms with Gasteiger partial charge < -0.3 is 4.52 Å². The van der Waals surface area contributed by atoms with Crippen LogP contribution in [0.25, 0.3) is 0 Å². The van der Waals surface area contributed by atoms with Crippen molar-refractivity contribution in [3.63, 3.8) is 0 Å². The molecule has 0 aliphatic rings. The number of ketones is 1. The molecule has 0 aliphatic carbocycles. The number of nitrogens with zero attached hydrogens (tertiary/aromatic N) is 1. The number of hydrogen-bond acceptors (Lipinski definition) is 4. The molecule has 0 amide bonds. The lowest BCUT2D eigenvalue weighted by Gasteiger charge is -2.19. The van der Waals surface area contributed by atoms with Gasteiger partial charge in [-0.05, 0) is 20.8 Å². The second kappa shape index (κ2) is 4.55. The van der Waals surface area contributed by atoms with E-state index in [4.69, 9.17) is 9.79 Å². The van der Waals surface area contributed by atoms with Crippen molar-refractivity contribution >= 4 is 13.2 Å². The Labute approximate surface area is 78.3 Å². The molecule has 0 aromatic rings. The molecule has 0 aromatic carbocycles. The van der Waals surface area contributed by atoms with E-state index in [0.29, 0.717) is 0 Å². The van der Waals surface area contributed by atoms with Crippen LogP contribution in [0.4, 0.5) is 0 Å². The monoisotopic (exact) mass is 203 g/mol. The van der Waals surface area contributed by atoms with Crippen LogP contribution in [-0.4, -0.2) is 24.2 Å². The predicted octanol–water partition coefficient (Wildman–Crippen LogP) is 1.80. The highest BCUT2D eigenvalue weighted by molar-refractivity contribution is 7.60. The topological polar surface area (TPSA) is 67.2 Å². The molecule has 0 heterocycles. The first-order chi connectivity index (χ1) is 5.81. The van der Waals surface area contributed by atoms with Gasteiger partial charge in [0, 0.05) is 6.66 Å². The van der Waals surface area contributed by atoms with Crippen molar-refractivity contribution < 1.29 is 13.9 Å². The Balaban J connectivity index is 4.71. The van der Waals surface area contributed by atoms with Crippen LogP contribution in [0.3, 0.4) is 0 Å². The van der Waals surface area contributed by atoms with Crippen molar-refractivity contribution in [2.24, 2.45) is 0 Å². The Morgan fingerprint density at radius 3 is 2.23 bits per heavy atom. The molecule has 0 unspecified atom stereocenters. The zero-order chi connectivity index (χ0) is 10.6. The van der Waals surface area contributed by atoms with Crippen LogP contribution in [0.2, 0.25) is 0 Å². The van der Waals surface area contributed by atoms with Crippen molar-refractivity contribution in [1.29, 1.82) is 5.26 Å². The lowest BCUT2D eigenvalue weighted by atomic mass is 10.3. The highest BCUT2D eigenvalue weighted by Gasteiger charge is 2.33. The quantitative estimate of drug-likeness (QED) is 0.653. The van der Waals surface area contributed by atoms with Gasteiger partial charge in [0.1, 0.15) is 0 Å². The van der Waals surface area contributed by atoms with Crippen molar-refractivity contribution in [2.45, 2.75) is 32.5 Å². The van der Waals surface area contributed by atoms with Crippen LogP contribution in [0.5, 0.6) is 0 Å². The highest BCUT2D eigenvalue weighted by Crippen LogP contribution is 2.49. The van der Waals surface area contributed by atoms with Crippen molar-refractivity contribution in [3.8, 4) is 6.07 Å². The van der Waals surface area contributed by atoms with Gasteiger partial charge in [-0.15, -0.1) is 0 Å². The summed E-state index contributed by atoms with van der Waals surface area (Å²) >= 11 is 0. The number of carbonyl (C=O) groups is 1. The average molecular weight is 203 g/mol. The third-order valence-electron chi connectivity index (χ3n) is 1.40. The van der Waals surface area contributed by atoms with Gasteiger partial charge in [-0.3, -0.25) is 9.36 Å². The van der Waals surface area contributed by atoms with Crippen molar-refractivity contribution in [3.05, 3.63) is 0 Å². The van der Waals surface area contributed by atoms with Gasteiger partial charge in [-0.25, -0.2) is 0 Å². The van der Waals surface area contributed by atoms with E-state index in [0.717, 1.165) is 0 Å². The largest absolute Gasteiger partial charge is 0.325 e. The summed E-state index contributed by atoms with van der Waals surface area (Å²) in [4.78, 5) is 10.9. The van der Waals surface area contributed by atoms with E-state index in [9.17, 15) is 9.36 Å². The van der Waals surface area contributed by atoms with E-state index in [1.165, 1.54) is 13.6 Å². The molecule has 0 spiro atoms. The average Bonchev–Trinajstić information content (AvgIpc) is 1.82. The standard InChI is InChI=1S/C8H14NO3P/c1-6(2)12-13(4,11)8(5-9)7(3)10/h6,8H,1-4H3/t8-,13+/m1/s1. The molecule has 0 saturated heterocycles. The van der Waals surface area contributed by atoms with Gasteiger partial charge in [0.25, 0.3) is 0 Å². The number of nitriles is 1. The lowest BCUT2D eigenvalue weighted by Crippen LogP contribution is -2.18. The SMILES string of the molecule is CC(=O)[C@@H](C#N)[P@@](C)(=O)OC(C)C. The summed E-state index contributed by atoms with van der Waals surface area (Å²) in [5.74, 6) is -0.408. The van der Waals surface area contributed by atoms with E-state index in [1.807, 2.05) is 0 Å². The predicted molar refractivity (Wildman–Crippen MR) is 49.8 cm³/mol. The smallest absolute Gasteiger partial charge is 0.224 e. The Morgan fingerprint density at radius 2 is 2.00 bits per heavy atom. The molecule has 0 bridgehead atoms. The van der Waals surface area contributed by atoms with Crippen LogP contribution in [0.1, 0.15) is 20.8 Å². The summed E-state index contributed by atoms with van der Waals surface area (Å²) in [6, 6.07) is 1.71. The fraction of sp³-hybridized carbons (Fsp3) is 0.750. The molecule has 74 valence electrons. The zero-order valence-corrected chi connectivity index (χ0v) is 9.17. The first-order valence-electron chi connectivity index (χ1n) is 3.97. The van der Waals surface area contributed by atoms with Gasteiger partial charge >= 0.3 is 0 Å². The highest BCUT2D eigenvalue weighted by atomic mass is 31.2. The molecule has 0 saturated carbocycles. The fourth-order valence-corrected chi connectivity index (χ4v) is 2.83. The summed E-state index contributed by atoms with van der Waals surface area (Å²) in [7, 11) is -3.13. The Kier molecular flexibility index (Phi) is 4.32. The molecule has 0 aromatic heterocycles. The molecule has 5 heteroatoms. The maximum atomic E-state index is 11.7. The molecule has 0 aliphatic heterocycles. The minimum Gasteiger partial charge on any atom is -0.325 e. The van der Waals surface area contributed by atoms with Gasteiger partial charge in [-0.2, -0.15) is 5.26 Å². The molecule has 0 N–H and O–H groups in total. The Bertz CT molecular complexity index is 280. The third kappa shape index (κ3) is 3.71. The van der Waals surface area contributed by atoms with Gasteiger partial charge in [-0.1, -0.05) is 0 Å². The molecule has 0 radical (unpaired) electrons. The Morgan fingerprint density at radius 1 is 1.54 bits per heavy atom. The summed E-state index contributed by atoms with van der Waals surface area (Å²) < 4.78 is 16.8. The van der Waals surface area contributed by atoms with E-state index in [-0.39, 0.29) is 6.10 Å². The number of carbonyl (C=O) groups excluding carboxylic acids is 1.